The highest BCUT2D eigenvalue weighted by molar-refractivity contribution is 9.09. The van der Waals surface area contributed by atoms with Gasteiger partial charge in [-0.3, -0.25) is 4.79 Å². The SMILES string of the molecule is O=C(NCC1(CBr)CCCC1)C1CCOC1. The van der Waals surface area contributed by atoms with Crippen molar-refractivity contribution in [1.29, 1.82) is 0 Å². The van der Waals surface area contributed by atoms with E-state index < -0.39 is 0 Å². The van der Waals surface area contributed by atoms with Crippen molar-refractivity contribution in [3.05, 3.63) is 0 Å². The molecule has 0 bridgehead atoms. The number of alkyl halides is 1. The molecule has 0 aromatic heterocycles. The molecular weight excluding hydrogens is 270 g/mol. The van der Waals surface area contributed by atoms with Gasteiger partial charge in [-0.1, -0.05) is 28.8 Å². The molecule has 92 valence electrons. The van der Waals surface area contributed by atoms with Gasteiger partial charge in [0, 0.05) is 18.5 Å². The van der Waals surface area contributed by atoms with Gasteiger partial charge >= 0.3 is 0 Å². The fraction of sp³-hybridized carbons (Fsp3) is 0.917. The van der Waals surface area contributed by atoms with E-state index in [1.165, 1.54) is 25.7 Å². The van der Waals surface area contributed by atoms with Crippen LogP contribution in [0.3, 0.4) is 0 Å². The first-order chi connectivity index (χ1) is 7.76. The molecule has 1 saturated carbocycles. The zero-order valence-electron chi connectivity index (χ0n) is 9.64. The molecule has 1 atom stereocenters. The summed E-state index contributed by atoms with van der Waals surface area (Å²) in [6.45, 7) is 2.17. The Bertz CT molecular complexity index is 245. The molecule has 4 heteroatoms. The van der Waals surface area contributed by atoms with Gasteiger partial charge in [-0.25, -0.2) is 0 Å². The van der Waals surface area contributed by atoms with Crippen LogP contribution in [0.1, 0.15) is 32.1 Å². The van der Waals surface area contributed by atoms with Crippen LogP contribution in [0.2, 0.25) is 0 Å². The molecular formula is C12H20BrNO2. The molecule has 0 spiro atoms. The fourth-order valence-electron chi connectivity index (χ4n) is 2.64. The Hall–Kier alpha value is -0.0900. The maximum absolute atomic E-state index is 11.9. The Kier molecular flexibility index (Phi) is 4.25. The van der Waals surface area contributed by atoms with Crippen LogP contribution in [0.15, 0.2) is 0 Å². The molecule has 1 amide bonds. The van der Waals surface area contributed by atoms with Gasteiger partial charge in [0.25, 0.3) is 0 Å². The molecule has 1 saturated heterocycles. The third-order valence-corrected chi connectivity index (χ3v) is 5.08. The Balaban J connectivity index is 1.79. The van der Waals surface area contributed by atoms with Gasteiger partial charge in [0.1, 0.15) is 0 Å². The highest BCUT2D eigenvalue weighted by Crippen LogP contribution is 2.39. The second-order valence-corrected chi connectivity index (χ2v) is 5.68. The largest absolute Gasteiger partial charge is 0.381 e. The molecule has 2 aliphatic rings. The molecule has 2 fully saturated rings. The number of halogens is 1. The maximum atomic E-state index is 11.9. The van der Waals surface area contributed by atoms with Crippen molar-refractivity contribution in [3.63, 3.8) is 0 Å². The molecule has 1 unspecified atom stereocenters. The monoisotopic (exact) mass is 289 g/mol. The van der Waals surface area contributed by atoms with Gasteiger partial charge in [0.05, 0.1) is 12.5 Å². The molecule has 0 radical (unpaired) electrons. The first-order valence-electron chi connectivity index (χ1n) is 6.17. The Morgan fingerprint density at radius 1 is 1.44 bits per heavy atom. The van der Waals surface area contributed by atoms with Crippen LogP contribution in [-0.4, -0.2) is 31.0 Å². The second kappa shape index (κ2) is 5.50. The normalized spacial score (nSPS) is 28.2. The van der Waals surface area contributed by atoms with E-state index in [0.717, 1.165) is 24.9 Å². The lowest BCUT2D eigenvalue weighted by molar-refractivity contribution is -0.125. The minimum absolute atomic E-state index is 0.0915. The Labute approximate surface area is 105 Å². The van der Waals surface area contributed by atoms with E-state index >= 15 is 0 Å². The van der Waals surface area contributed by atoms with E-state index in [0.29, 0.717) is 12.0 Å². The van der Waals surface area contributed by atoms with Crippen molar-refractivity contribution in [2.45, 2.75) is 32.1 Å². The first kappa shape index (κ1) is 12.4. The van der Waals surface area contributed by atoms with E-state index in [4.69, 9.17) is 4.74 Å². The number of ether oxygens (including phenoxy) is 1. The standard InChI is InChI=1S/C12H20BrNO2/c13-8-12(4-1-2-5-12)9-14-11(15)10-3-6-16-7-10/h10H,1-9H2,(H,14,15). The summed E-state index contributed by atoms with van der Waals surface area (Å²) in [7, 11) is 0. The first-order valence-corrected chi connectivity index (χ1v) is 7.29. The third-order valence-electron chi connectivity index (χ3n) is 3.89. The molecule has 3 nitrogen and oxygen atoms in total. The van der Waals surface area contributed by atoms with Crippen LogP contribution in [0.4, 0.5) is 0 Å². The minimum atomic E-state index is 0.0915. The molecule has 16 heavy (non-hydrogen) atoms. The highest BCUT2D eigenvalue weighted by Gasteiger charge is 2.34. The summed E-state index contributed by atoms with van der Waals surface area (Å²) in [6.07, 6.45) is 5.95. The number of nitrogens with one attached hydrogen (secondary N) is 1. The zero-order valence-corrected chi connectivity index (χ0v) is 11.2. The smallest absolute Gasteiger partial charge is 0.225 e. The van der Waals surface area contributed by atoms with Gasteiger partial charge in [-0.15, -0.1) is 0 Å². The Morgan fingerprint density at radius 2 is 2.19 bits per heavy atom. The van der Waals surface area contributed by atoms with Gasteiger partial charge in [-0.2, -0.15) is 0 Å². The molecule has 1 aliphatic carbocycles. The number of amides is 1. The number of hydrogen-bond acceptors (Lipinski definition) is 2. The van der Waals surface area contributed by atoms with E-state index in [-0.39, 0.29) is 11.8 Å². The molecule has 0 aromatic carbocycles. The van der Waals surface area contributed by atoms with Crippen LogP contribution >= 0.6 is 15.9 Å². The van der Waals surface area contributed by atoms with Gasteiger partial charge in [0.15, 0.2) is 0 Å². The summed E-state index contributed by atoms with van der Waals surface area (Å²) >= 11 is 3.59. The number of carbonyl (C=O) groups excluding carboxylic acids is 1. The van der Waals surface area contributed by atoms with Crippen LogP contribution in [0.5, 0.6) is 0 Å². The fourth-order valence-corrected chi connectivity index (χ4v) is 3.40. The van der Waals surface area contributed by atoms with E-state index in [9.17, 15) is 4.79 Å². The highest BCUT2D eigenvalue weighted by atomic mass is 79.9. The van der Waals surface area contributed by atoms with Crippen LogP contribution < -0.4 is 5.32 Å². The van der Waals surface area contributed by atoms with Crippen molar-refractivity contribution in [2.24, 2.45) is 11.3 Å². The van der Waals surface area contributed by atoms with Crippen molar-refractivity contribution >= 4 is 21.8 Å². The van der Waals surface area contributed by atoms with Gasteiger partial charge in [0.2, 0.25) is 5.91 Å². The molecule has 1 heterocycles. The zero-order chi connectivity index (χ0) is 11.4. The summed E-state index contributed by atoms with van der Waals surface area (Å²) in [6, 6.07) is 0. The van der Waals surface area contributed by atoms with Crippen molar-refractivity contribution in [3.8, 4) is 0 Å². The summed E-state index contributed by atoms with van der Waals surface area (Å²) in [4.78, 5) is 11.9. The summed E-state index contributed by atoms with van der Waals surface area (Å²) in [5.74, 6) is 0.276. The van der Waals surface area contributed by atoms with E-state index in [1.807, 2.05) is 0 Å². The summed E-state index contributed by atoms with van der Waals surface area (Å²) in [5, 5.41) is 4.11. The maximum Gasteiger partial charge on any atom is 0.225 e. The van der Waals surface area contributed by atoms with Crippen molar-refractivity contribution in [2.75, 3.05) is 25.1 Å². The average molecular weight is 290 g/mol. The predicted molar refractivity (Wildman–Crippen MR) is 66.6 cm³/mol. The minimum Gasteiger partial charge on any atom is -0.381 e. The van der Waals surface area contributed by atoms with Crippen molar-refractivity contribution < 1.29 is 9.53 Å². The lowest BCUT2D eigenvalue weighted by atomic mass is 9.88. The Morgan fingerprint density at radius 3 is 2.75 bits per heavy atom. The van der Waals surface area contributed by atoms with Crippen LogP contribution in [-0.2, 0) is 9.53 Å². The number of hydrogen-bond donors (Lipinski definition) is 1. The third kappa shape index (κ3) is 2.77. The second-order valence-electron chi connectivity index (χ2n) is 5.12. The lowest BCUT2D eigenvalue weighted by Gasteiger charge is -2.27. The number of carbonyl (C=O) groups is 1. The molecule has 0 aromatic rings. The summed E-state index contributed by atoms with van der Waals surface area (Å²) < 4.78 is 5.23. The van der Waals surface area contributed by atoms with Crippen LogP contribution in [0.25, 0.3) is 0 Å². The van der Waals surface area contributed by atoms with Crippen molar-refractivity contribution in [1.82, 2.24) is 5.32 Å². The predicted octanol–water partition coefficient (Wildman–Crippen LogP) is 2.09. The molecule has 2 rings (SSSR count). The average Bonchev–Trinajstić information content (AvgIpc) is 2.98. The van der Waals surface area contributed by atoms with E-state index in [2.05, 4.69) is 21.2 Å². The molecule has 1 aliphatic heterocycles. The van der Waals surface area contributed by atoms with Crippen LogP contribution in [0, 0.1) is 11.3 Å². The topological polar surface area (TPSA) is 38.3 Å². The molecule has 1 N–H and O–H groups in total. The quantitative estimate of drug-likeness (QED) is 0.805. The van der Waals surface area contributed by atoms with E-state index in [1.54, 1.807) is 0 Å². The summed E-state index contributed by atoms with van der Waals surface area (Å²) in [5.41, 5.74) is 0.315. The lowest BCUT2D eigenvalue weighted by Crippen LogP contribution is -2.40. The number of rotatable bonds is 4. The van der Waals surface area contributed by atoms with Gasteiger partial charge < -0.3 is 10.1 Å². The van der Waals surface area contributed by atoms with Gasteiger partial charge in [-0.05, 0) is 24.7 Å².